The highest BCUT2D eigenvalue weighted by molar-refractivity contribution is 5.92. The number of carbonyl (C=O) groups is 1. The van der Waals surface area contributed by atoms with Crippen LogP contribution >= 0.6 is 0 Å². The van der Waals surface area contributed by atoms with Crippen LogP contribution in [0.2, 0.25) is 0 Å². The van der Waals surface area contributed by atoms with Gasteiger partial charge in [0.1, 0.15) is 29.8 Å². The van der Waals surface area contributed by atoms with E-state index in [9.17, 15) is 10.1 Å². The van der Waals surface area contributed by atoms with Gasteiger partial charge in [0.25, 0.3) is 0 Å². The van der Waals surface area contributed by atoms with E-state index in [1.54, 1.807) is 13.8 Å². The van der Waals surface area contributed by atoms with E-state index in [0.717, 1.165) is 11.1 Å². The third kappa shape index (κ3) is 4.47. The Balaban J connectivity index is 1.94. The van der Waals surface area contributed by atoms with Crippen LogP contribution in [0.25, 0.3) is 0 Å². The molecule has 1 aliphatic rings. The van der Waals surface area contributed by atoms with Crippen molar-refractivity contribution in [2.75, 3.05) is 6.61 Å². The maximum Gasteiger partial charge on any atom is 0.338 e. The van der Waals surface area contributed by atoms with Gasteiger partial charge < -0.3 is 19.9 Å². The van der Waals surface area contributed by atoms with Crippen LogP contribution in [0.5, 0.6) is 5.75 Å². The Morgan fingerprint density at radius 2 is 1.97 bits per heavy atom. The number of nitrogens with two attached hydrogens (primary N) is 1. The summed E-state index contributed by atoms with van der Waals surface area (Å²) in [4.78, 5) is 12.6. The second-order valence-corrected chi connectivity index (χ2v) is 6.97. The molecular weight excluding hydrogens is 380 g/mol. The normalized spacial score (nSPS) is 16.0. The van der Waals surface area contributed by atoms with Crippen LogP contribution in [0.15, 0.2) is 71.3 Å². The first-order valence-corrected chi connectivity index (χ1v) is 9.68. The van der Waals surface area contributed by atoms with Crippen LogP contribution in [-0.2, 0) is 20.9 Å². The molecule has 2 aromatic rings. The van der Waals surface area contributed by atoms with Crippen molar-refractivity contribution in [3.63, 3.8) is 0 Å². The van der Waals surface area contributed by atoms with Crippen LogP contribution in [0.4, 0.5) is 0 Å². The molecule has 0 aliphatic carbocycles. The lowest BCUT2D eigenvalue weighted by Crippen LogP contribution is -2.25. The third-order valence-corrected chi connectivity index (χ3v) is 4.78. The number of benzene rings is 2. The summed E-state index contributed by atoms with van der Waals surface area (Å²) >= 11 is 0. The lowest BCUT2D eigenvalue weighted by Gasteiger charge is -2.27. The average molecular weight is 404 g/mol. The van der Waals surface area contributed by atoms with Crippen LogP contribution in [0, 0.1) is 18.3 Å². The number of aryl methyl sites for hydroxylation is 1. The van der Waals surface area contributed by atoms with Crippen molar-refractivity contribution in [1.82, 2.24) is 0 Å². The molecule has 0 bridgehead atoms. The maximum atomic E-state index is 12.6. The first-order chi connectivity index (χ1) is 14.4. The lowest BCUT2D eigenvalue weighted by atomic mass is 9.83. The van der Waals surface area contributed by atoms with Crippen LogP contribution in [0.1, 0.15) is 36.5 Å². The molecule has 6 heteroatoms. The fourth-order valence-corrected chi connectivity index (χ4v) is 3.44. The van der Waals surface area contributed by atoms with Gasteiger partial charge in [0.05, 0.1) is 18.1 Å². The fraction of sp³-hybridized carbons (Fsp3) is 0.250. The number of rotatable bonds is 6. The number of ether oxygens (including phenoxy) is 3. The summed E-state index contributed by atoms with van der Waals surface area (Å²) in [5, 5.41) is 9.68. The first kappa shape index (κ1) is 21.0. The van der Waals surface area contributed by atoms with Crippen molar-refractivity contribution in [3.8, 4) is 11.8 Å². The monoisotopic (exact) mass is 404 g/mol. The number of esters is 1. The van der Waals surface area contributed by atoms with E-state index in [1.165, 1.54) is 0 Å². The first-order valence-electron chi connectivity index (χ1n) is 9.68. The molecule has 0 saturated heterocycles. The predicted molar refractivity (Wildman–Crippen MR) is 112 cm³/mol. The van der Waals surface area contributed by atoms with E-state index >= 15 is 0 Å². The summed E-state index contributed by atoms with van der Waals surface area (Å²) in [6.07, 6.45) is 0. The SMILES string of the molecule is CCOC(=O)C1=C(C)OC(N)=C(C#N)C1c1cccc(OCc2cccc(C)c2)c1. The zero-order chi connectivity index (χ0) is 21.7. The largest absolute Gasteiger partial charge is 0.489 e. The second-order valence-electron chi connectivity index (χ2n) is 6.97. The van der Waals surface area contributed by atoms with Crippen molar-refractivity contribution in [2.24, 2.45) is 5.73 Å². The van der Waals surface area contributed by atoms with Gasteiger partial charge in [-0.25, -0.2) is 4.79 Å². The highest BCUT2D eigenvalue weighted by atomic mass is 16.5. The van der Waals surface area contributed by atoms with Gasteiger partial charge in [-0.2, -0.15) is 5.26 Å². The van der Waals surface area contributed by atoms with Gasteiger partial charge >= 0.3 is 5.97 Å². The summed E-state index contributed by atoms with van der Waals surface area (Å²) in [5.41, 5.74) is 9.28. The number of allylic oxidation sites excluding steroid dienone is 2. The Morgan fingerprint density at radius 3 is 2.67 bits per heavy atom. The molecule has 0 fully saturated rings. The Bertz CT molecular complexity index is 1060. The zero-order valence-electron chi connectivity index (χ0n) is 17.3. The third-order valence-electron chi connectivity index (χ3n) is 4.78. The van der Waals surface area contributed by atoms with Crippen molar-refractivity contribution >= 4 is 5.97 Å². The molecular formula is C24H24N2O4. The number of nitriles is 1. The van der Waals surface area contributed by atoms with Crippen molar-refractivity contribution in [3.05, 3.63) is 88.0 Å². The molecule has 2 aromatic carbocycles. The van der Waals surface area contributed by atoms with E-state index in [2.05, 4.69) is 12.1 Å². The van der Waals surface area contributed by atoms with E-state index in [1.807, 2.05) is 49.4 Å². The van der Waals surface area contributed by atoms with Gasteiger partial charge in [0.2, 0.25) is 5.88 Å². The minimum Gasteiger partial charge on any atom is -0.489 e. The Hall–Kier alpha value is -3.72. The summed E-state index contributed by atoms with van der Waals surface area (Å²) < 4.78 is 16.6. The molecule has 0 aromatic heterocycles. The standard InChI is InChI=1S/C24H24N2O4/c1-4-28-24(27)21-16(3)30-23(26)20(13-25)22(21)18-9-6-10-19(12-18)29-14-17-8-5-7-15(2)11-17/h5-12,22H,4,14,26H2,1-3H3. The van der Waals surface area contributed by atoms with E-state index in [4.69, 9.17) is 19.9 Å². The van der Waals surface area contributed by atoms with Crippen molar-refractivity contribution < 1.29 is 19.0 Å². The van der Waals surface area contributed by atoms with Crippen molar-refractivity contribution in [2.45, 2.75) is 33.3 Å². The molecule has 3 rings (SSSR count). The molecule has 154 valence electrons. The Labute approximate surface area is 176 Å². The molecule has 2 N–H and O–H groups in total. The number of carbonyl (C=O) groups excluding carboxylic acids is 1. The van der Waals surface area contributed by atoms with Gasteiger partial charge in [-0.1, -0.05) is 42.0 Å². The smallest absolute Gasteiger partial charge is 0.338 e. The van der Waals surface area contributed by atoms with Gasteiger partial charge in [-0.05, 0) is 44.0 Å². The van der Waals surface area contributed by atoms with Crippen LogP contribution in [0.3, 0.4) is 0 Å². The quantitative estimate of drug-likeness (QED) is 0.725. The molecule has 6 nitrogen and oxygen atoms in total. The van der Waals surface area contributed by atoms with Gasteiger partial charge in [-0.15, -0.1) is 0 Å². The molecule has 0 saturated carbocycles. The summed E-state index contributed by atoms with van der Waals surface area (Å²) in [5.74, 6) is -0.297. The van der Waals surface area contributed by atoms with Crippen LogP contribution < -0.4 is 10.5 Å². The average Bonchev–Trinajstić information content (AvgIpc) is 2.72. The molecule has 1 atom stereocenters. The molecule has 0 radical (unpaired) electrons. The lowest BCUT2D eigenvalue weighted by molar-refractivity contribution is -0.139. The summed E-state index contributed by atoms with van der Waals surface area (Å²) in [6.45, 7) is 6.01. The minimum atomic E-state index is -0.690. The summed E-state index contributed by atoms with van der Waals surface area (Å²) in [6, 6.07) is 17.4. The molecule has 1 unspecified atom stereocenters. The zero-order valence-corrected chi connectivity index (χ0v) is 17.3. The summed E-state index contributed by atoms with van der Waals surface area (Å²) in [7, 11) is 0. The minimum absolute atomic E-state index is 0.0147. The van der Waals surface area contributed by atoms with E-state index in [-0.39, 0.29) is 23.6 Å². The van der Waals surface area contributed by atoms with Crippen molar-refractivity contribution in [1.29, 1.82) is 5.26 Å². The van der Waals surface area contributed by atoms with Gasteiger partial charge in [-0.3, -0.25) is 0 Å². The molecule has 1 aliphatic heterocycles. The van der Waals surface area contributed by atoms with E-state index in [0.29, 0.717) is 23.7 Å². The molecule has 0 spiro atoms. The topological polar surface area (TPSA) is 94.6 Å². The highest BCUT2D eigenvalue weighted by Crippen LogP contribution is 2.40. The Morgan fingerprint density at radius 1 is 1.20 bits per heavy atom. The van der Waals surface area contributed by atoms with Crippen LogP contribution in [-0.4, -0.2) is 12.6 Å². The number of nitrogens with zero attached hydrogens (tertiary/aromatic N) is 1. The Kier molecular flexibility index (Phi) is 6.43. The predicted octanol–water partition coefficient (Wildman–Crippen LogP) is 4.22. The molecule has 0 amide bonds. The second kappa shape index (κ2) is 9.19. The number of hydrogen-bond acceptors (Lipinski definition) is 6. The van der Waals surface area contributed by atoms with Gasteiger partial charge in [0, 0.05) is 0 Å². The van der Waals surface area contributed by atoms with E-state index < -0.39 is 11.9 Å². The van der Waals surface area contributed by atoms with Gasteiger partial charge in [0.15, 0.2) is 0 Å². The maximum absolute atomic E-state index is 12.6. The molecule has 30 heavy (non-hydrogen) atoms. The fourth-order valence-electron chi connectivity index (χ4n) is 3.44. The number of hydrogen-bond donors (Lipinski definition) is 1. The highest BCUT2D eigenvalue weighted by Gasteiger charge is 2.36. The molecule has 1 heterocycles.